The Bertz CT molecular complexity index is 479. The maximum absolute atomic E-state index is 6.32. The van der Waals surface area contributed by atoms with E-state index in [0.29, 0.717) is 0 Å². The molecule has 19 heavy (non-hydrogen) atoms. The standard InChI is InChI=1S/C16H19ClO2/c1-3-7-12-13(17)8-6-11-14(12)19-16-10-5-4-9-15(16)18-2/h3-5,9-10,14H,1,6-8,11H2,2H3/t14-/m0/s1. The summed E-state index contributed by atoms with van der Waals surface area (Å²) in [6.45, 7) is 3.79. The molecule has 1 aliphatic carbocycles. The molecule has 0 amide bonds. The molecule has 3 heteroatoms. The molecular formula is C16H19ClO2. The largest absolute Gasteiger partial charge is 0.493 e. The Balaban J connectivity index is 2.21. The normalized spacial score (nSPS) is 19.2. The van der Waals surface area contributed by atoms with Crippen molar-refractivity contribution in [2.45, 2.75) is 31.8 Å². The molecule has 0 aromatic heterocycles. The summed E-state index contributed by atoms with van der Waals surface area (Å²) >= 11 is 6.32. The molecular weight excluding hydrogens is 260 g/mol. The smallest absolute Gasteiger partial charge is 0.162 e. The van der Waals surface area contributed by atoms with E-state index in [9.17, 15) is 0 Å². The van der Waals surface area contributed by atoms with Crippen molar-refractivity contribution in [1.29, 1.82) is 0 Å². The number of halogens is 1. The van der Waals surface area contributed by atoms with Crippen LogP contribution in [0.15, 0.2) is 47.5 Å². The van der Waals surface area contributed by atoms with Gasteiger partial charge in [-0.1, -0.05) is 29.8 Å². The summed E-state index contributed by atoms with van der Waals surface area (Å²) in [5, 5.41) is 0.922. The van der Waals surface area contributed by atoms with Gasteiger partial charge in [0.05, 0.1) is 7.11 Å². The van der Waals surface area contributed by atoms with E-state index in [1.165, 1.54) is 0 Å². The Morgan fingerprint density at radius 3 is 2.79 bits per heavy atom. The minimum atomic E-state index is 0.0237. The first-order chi connectivity index (χ1) is 9.26. The molecule has 0 unspecified atom stereocenters. The van der Waals surface area contributed by atoms with Crippen LogP contribution in [0.1, 0.15) is 25.7 Å². The molecule has 0 saturated heterocycles. The zero-order valence-corrected chi connectivity index (χ0v) is 12.0. The molecule has 0 aliphatic heterocycles. The van der Waals surface area contributed by atoms with Crippen molar-refractivity contribution >= 4 is 11.6 Å². The first-order valence-corrected chi connectivity index (χ1v) is 6.92. The number of allylic oxidation sites excluding steroid dienone is 2. The molecule has 1 aliphatic rings. The van der Waals surface area contributed by atoms with Crippen molar-refractivity contribution in [1.82, 2.24) is 0 Å². The van der Waals surface area contributed by atoms with Gasteiger partial charge in [0.1, 0.15) is 6.10 Å². The molecule has 1 aromatic carbocycles. The molecule has 1 aromatic rings. The minimum absolute atomic E-state index is 0.0237. The van der Waals surface area contributed by atoms with Gasteiger partial charge in [-0.15, -0.1) is 6.58 Å². The first-order valence-electron chi connectivity index (χ1n) is 6.54. The molecule has 0 saturated carbocycles. The molecule has 0 radical (unpaired) electrons. The first kappa shape index (κ1) is 14.0. The van der Waals surface area contributed by atoms with Crippen molar-refractivity contribution in [3.05, 3.63) is 47.5 Å². The number of benzene rings is 1. The number of ether oxygens (including phenoxy) is 2. The van der Waals surface area contributed by atoms with E-state index in [4.69, 9.17) is 21.1 Å². The van der Waals surface area contributed by atoms with Gasteiger partial charge in [0.25, 0.3) is 0 Å². The predicted octanol–water partition coefficient (Wildman–Crippen LogP) is 4.70. The summed E-state index contributed by atoms with van der Waals surface area (Å²) in [5.41, 5.74) is 1.15. The number of methoxy groups -OCH3 is 1. The third-order valence-corrected chi connectivity index (χ3v) is 3.73. The van der Waals surface area contributed by atoms with Crippen LogP contribution in [0.25, 0.3) is 0 Å². The number of hydrogen-bond acceptors (Lipinski definition) is 2. The van der Waals surface area contributed by atoms with Crippen LogP contribution in [0.2, 0.25) is 0 Å². The third kappa shape index (κ3) is 3.32. The number of para-hydroxylation sites is 2. The summed E-state index contributed by atoms with van der Waals surface area (Å²) in [4.78, 5) is 0. The van der Waals surface area contributed by atoms with E-state index < -0.39 is 0 Å². The average Bonchev–Trinajstić information content (AvgIpc) is 2.43. The van der Waals surface area contributed by atoms with Crippen molar-refractivity contribution in [2.75, 3.05) is 7.11 Å². The van der Waals surface area contributed by atoms with Gasteiger partial charge in [-0.3, -0.25) is 0 Å². The van der Waals surface area contributed by atoms with E-state index in [-0.39, 0.29) is 6.10 Å². The Morgan fingerprint density at radius 1 is 1.37 bits per heavy atom. The van der Waals surface area contributed by atoms with Crippen LogP contribution in [0.4, 0.5) is 0 Å². The van der Waals surface area contributed by atoms with Crippen LogP contribution < -0.4 is 9.47 Å². The van der Waals surface area contributed by atoms with E-state index in [1.807, 2.05) is 30.3 Å². The Hall–Kier alpha value is -1.41. The lowest BCUT2D eigenvalue weighted by molar-refractivity contribution is 0.204. The highest BCUT2D eigenvalue weighted by Gasteiger charge is 2.23. The molecule has 102 valence electrons. The summed E-state index contributed by atoms with van der Waals surface area (Å²) < 4.78 is 11.4. The van der Waals surface area contributed by atoms with E-state index in [2.05, 4.69) is 6.58 Å². The Kier molecular flexibility index (Phi) is 4.92. The van der Waals surface area contributed by atoms with Crippen LogP contribution in [0.3, 0.4) is 0 Å². The molecule has 0 fully saturated rings. The highest BCUT2D eigenvalue weighted by atomic mass is 35.5. The lowest BCUT2D eigenvalue weighted by Gasteiger charge is -2.27. The van der Waals surface area contributed by atoms with Gasteiger partial charge < -0.3 is 9.47 Å². The maximum Gasteiger partial charge on any atom is 0.162 e. The van der Waals surface area contributed by atoms with Crippen LogP contribution in [0, 0.1) is 0 Å². The molecule has 1 atom stereocenters. The number of rotatable bonds is 5. The Labute approximate surface area is 119 Å². The second-order valence-electron chi connectivity index (χ2n) is 4.57. The van der Waals surface area contributed by atoms with E-state index >= 15 is 0 Å². The quantitative estimate of drug-likeness (QED) is 0.727. The predicted molar refractivity (Wildman–Crippen MR) is 79.0 cm³/mol. The summed E-state index contributed by atoms with van der Waals surface area (Å²) in [6, 6.07) is 7.70. The molecule has 0 spiro atoms. The van der Waals surface area contributed by atoms with Crippen LogP contribution in [-0.4, -0.2) is 13.2 Å². The van der Waals surface area contributed by atoms with E-state index in [0.717, 1.165) is 47.8 Å². The van der Waals surface area contributed by atoms with Gasteiger partial charge in [-0.05, 0) is 43.4 Å². The maximum atomic E-state index is 6.32. The lowest BCUT2D eigenvalue weighted by atomic mass is 9.93. The fourth-order valence-electron chi connectivity index (χ4n) is 2.35. The zero-order valence-electron chi connectivity index (χ0n) is 11.2. The number of hydrogen-bond donors (Lipinski definition) is 0. The molecule has 0 heterocycles. The van der Waals surface area contributed by atoms with Crippen LogP contribution in [-0.2, 0) is 0 Å². The molecule has 0 N–H and O–H groups in total. The van der Waals surface area contributed by atoms with Crippen LogP contribution >= 0.6 is 11.6 Å². The Morgan fingerprint density at radius 2 is 2.11 bits per heavy atom. The molecule has 0 bridgehead atoms. The van der Waals surface area contributed by atoms with E-state index in [1.54, 1.807) is 7.11 Å². The topological polar surface area (TPSA) is 18.5 Å². The summed E-state index contributed by atoms with van der Waals surface area (Å²) in [5.74, 6) is 1.52. The SMILES string of the molecule is C=CCC1=C(Cl)CCC[C@@H]1Oc1ccccc1OC. The fourth-order valence-corrected chi connectivity index (χ4v) is 2.68. The second kappa shape index (κ2) is 6.67. The minimum Gasteiger partial charge on any atom is -0.493 e. The monoisotopic (exact) mass is 278 g/mol. The van der Waals surface area contributed by atoms with Crippen LogP contribution in [0.5, 0.6) is 11.5 Å². The zero-order chi connectivity index (χ0) is 13.7. The fraction of sp³-hybridized carbons (Fsp3) is 0.375. The van der Waals surface area contributed by atoms with Gasteiger partial charge in [-0.25, -0.2) is 0 Å². The third-order valence-electron chi connectivity index (χ3n) is 3.30. The average molecular weight is 279 g/mol. The van der Waals surface area contributed by atoms with Crippen molar-refractivity contribution in [3.63, 3.8) is 0 Å². The second-order valence-corrected chi connectivity index (χ2v) is 5.03. The lowest BCUT2D eigenvalue weighted by Crippen LogP contribution is -2.23. The van der Waals surface area contributed by atoms with Gasteiger partial charge in [0.15, 0.2) is 11.5 Å². The van der Waals surface area contributed by atoms with Gasteiger partial charge in [0.2, 0.25) is 0 Å². The molecule has 2 nitrogen and oxygen atoms in total. The van der Waals surface area contributed by atoms with Gasteiger partial charge in [0, 0.05) is 5.03 Å². The summed E-state index contributed by atoms with van der Waals surface area (Å²) in [6.07, 6.45) is 5.66. The van der Waals surface area contributed by atoms with Gasteiger partial charge >= 0.3 is 0 Å². The van der Waals surface area contributed by atoms with Crippen molar-refractivity contribution in [3.8, 4) is 11.5 Å². The van der Waals surface area contributed by atoms with Crippen molar-refractivity contribution in [2.24, 2.45) is 0 Å². The molecule has 2 rings (SSSR count). The van der Waals surface area contributed by atoms with Gasteiger partial charge in [-0.2, -0.15) is 0 Å². The summed E-state index contributed by atoms with van der Waals surface area (Å²) in [7, 11) is 1.65. The highest BCUT2D eigenvalue weighted by molar-refractivity contribution is 6.30. The van der Waals surface area contributed by atoms with Crippen molar-refractivity contribution < 1.29 is 9.47 Å². The highest BCUT2D eigenvalue weighted by Crippen LogP contribution is 2.35.